The fourth-order valence-corrected chi connectivity index (χ4v) is 1.88. The second-order valence-electron chi connectivity index (χ2n) is 3.44. The van der Waals surface area contributed by atoms with Crippen molar-refractivity contribution in [2.75, 3.05) is 17.7 Å². The first-order chi connectivity index (χ1) is 6.74. The van der Waals surface area contributed by atoms with Gasteiger partial charge in [-0.3, -0.25) is 0 Å². The molecule has 5 heteroatoms. The van der Waals surface area contributed by atoms with Gasteiger partial charge in [-0.15, -0.1) is 11.6 Å². The van der Waals surface area contributed by atoms with E-state index in [0.717, 1.165) is 36.2 Å². The molecule has 1 heterocycles. The van der Waals surface area contributed by atoms with E-state index in [1.165, 1.54) is 11.5 Å². The van der Waals surface area contributed by atoms with Crippen molar-refractivity contribution in [3.63, 3.8) is 0 Å². The number of nitrogens with one attached hydrogen (secondary N) is 1. The van der Waals surface area contributed by atoms with Crippen LogP contribution in [0.2, 0.25) is 0 Å². The third-order valence-electron chi connectivity index (χ3n) is 1.79. The molecule has 0 unspecified atom stereocenters. The first-order valence-corrected chi connectivity index (χ1v) is 6.18. The zero-order chi connectivity index (χ0) is 10.4. The van der Waals surface area contributed by atoms with Crippen LogP contribution in [0.1, 0.15) is 38.4 Å². The monoisotopic (exact) mass is 233 g/mol. The lowest BCUT2D eigenvalue weighted by Crippen LogP contribution is -2.01. The number of hydrogen-bond donors (Lipinski definition) is 1. The maximum atomic E-state index is 5.58. The summed E-state index contributed by atoms with van der Waals surface area (Å²) >= 11 is 7.01. The van der Waals surface area contributed by atoms with Gasteiger partial charge < -0.3 is 5.32 Å². The third-order valence-corrected chi connectivity index (χ3v) is 2.75. The van der Waals surface area contributed by atoms with Crippen molar-refractivity contribution in [1.82, 2.24) is 9.36 Å². The lowest BCUT2D eigenvalue weighted by atomic mass is 10.2. The number of alkyl halides is 1. The van der Waals surface area contributed by atoms with E-state index in [-0.39, 0.29) is 0 Å². The molecule has 14 heavy (non-hydrogen) atoms. The standard InChI is InChI=1S/C9H16ClN3S/c1-7(2)8-12-9(14-13-8)11-6-4-3-5-10/h7H,3-6H2,1-2H3,(H,11,12,13). The van der Waals surface area contributed by atoms with Gasteiger partial charge in [0.2, 0.25) is 5.13 Å². The summed E-state index contributed by atoms with van der Waals surface area (Å²) in [5, 5.41) is 4.16. The average molecular weight is 234 g/mol. The largest absolute Gasteiger partial charge is 0.360 e. The van der Waals surface area contributed by atoms with Crippen LogP contribution in [0, 0.1) is 0 Å². The highest BCUT2D eigenvalue weighted by Crippen LogP contribution is 2.17. The fourth-order valence-electron chi connectivity index (χ4n) is 0.956. The van der Waals surface area contributed by atoms with Crippen molar-refractivity contribution in [2.45, 2.75) is 32.6 Å². The highest BCUT2D eigenvalue weighted by molar-refractivity contribution is 7.09. The maximum Gasteiger partial charge on any atom is 0.202 e. The Morgan fingerprint density at radius 2 is 2.21 bits per heavy atom. The van der Waals surface area contributed by atoms with E-state index in [4.69, 9.17) is 11.6 Å². The molecule has 0 fully saturated rings. The predicted octanol–water partition coefficient (Wildman–Crippen LogP) is 3.09. The molecule has 1 rings (SSSR count). The minimum atomic E-state index is 0.407. The minimum absolute atomic E-state index is 0.407. The van der Waals surface area contributed by atoms with E-state index in [0.29, 0.717) is 5.92 Å². The first-order valence-electron chi connectivity index (χ1n) is 4.87. The number of aromatic nitrogens is 2. The summed E-state index contributed by atoms with van der Waals surface area (Å²) in [6, 6.07) is 0. The zero-order valence-electron chi connectivity index (χ0n) is 8.59. The van der Waals surface area contributed by atoms with Gasteiger partial charge in [-0.1, -0.05) is 13.8 Å². The SMILES string of the molecule is CC(C)c1nsc(NCCCCCl)n1. The van der Waals surface area contributed by atoms with Crippen molar-refractivity contribution in [3.8, 4) is 0 Å². The van der Waals surface area contributed by atoms with Crippen molar-refractivity contribution in [1.29, 1.82) is 0 Å². The van der Waals surface area contributed by atoms with Crippen molar-refractivity contribution >= 4 is 28.3 Å². The summed E-state index contributed by atoms with van der Waals surface area (Å²) in [7, 11) is 0. The molecule has 0 radical (unpaired) electrons. The molecule has 1 aromatic heterocycles. The molecule has 0 spiro atoms. The van der Waals surface area contributed by atoms with Gasteiger partial charge in [0, 0.05) is 29.9 Å². The van der Waals surface area contributed by atoms with Gasteiger partial charge in [-0.2, -0.15) is 4.37 Å². The van der Waals surface area contributed by atoms with Gasteiger partial charge in [0.1, 0.15) is 5.82 Å². The second-order valence-corrected chi connectivity index (χ2v) is 4.57. The molecule has 0 amide bonds. The Hall–Kier alpha value is -0.350. The van der Waals surface area contributed by atoms with Crippen LogP contribution < -0.4 is 5.32 Å². The lowest BCUT2D eigenvalue weighted by molar-refractivity contribution is 0.795. The topological polar surface area (TPSA) is 37.8 Å². The summed E-state index contributed by atoms with van der Waals surface area (Å²) in [4.78, 5) is 4.37. The van der Waals surface area contributed by atoms with E-state index in [1.54, 1.807) is 0 Å². The smallest absolute Gasteiger partial charge is 0.202 e. The Labute approximate surface area is 94.1 Å². The van der Waals surface area contributed by atoms with Gasteiger partial charge in [0.15, 0.2) is 0 Å². The average Bonchev–Trinajstić information content (AvgIpc) is 2.61. The van der Waals surface area contributed by atoms with Crippen molar-refractivity contribution in [2.24, 2.45) is 0 Å². The Morgan fingerprint density at radius 3 is 2.79 bits per heavy atom. The molecule has 80 valence electrons. The predicted molar refractivity (Wildman–Crippen MR) is 62.4 cm³/mol. The van der Waals surface area contributed by atoms with E-state index in [9.17, 15) is 0 Å². The van der Waals surface area contributed by atoms with Crippen LogP contribution in [-0.4, -0.2) is 21.8 Å². The first kappa shape index (κ1) is 11.7. The van der Waals surface area contributed by atoms with Crippen LogP contribution in [0.4, 0.5) is 5.13 Å². The number of rotatable bonds is 6. The molecule has 0 bridgehead atoms. The molecule has 0 aliphatic heterocycles. The van der Waals surface area contributed by atoms with Gasteiger partial charge in [-0.05, 0) is 12.8 Å². The molecule has 0 saturated heterocycles. The number of hydrogen-bond acceptors (Lipinski definition) is 4. The molecular weight excluding hydrogens is 218 g/mol. The second kappa shape index (κ2) is 6.19. The van der Waals surface area contributed by atoms with Crippen LogP contribution in [0.5, 0.6) is 0 Å². The summed E-state index contributed by atoms with van der Waals surface area (Å²) in [5.41, 5.74) is 0. The summed E-state index contributed by atoms with van der Waals surface area (Å²) in [6.45, 7) is 5.12. The van der Waals surface area contributed by atoms with E-state index in [1.807, 2.05) is 0 Å². The van der Waals surface area contributed by atoms with Crippen LogP contribution in [0.25, 0.3) is 0 Å². The third kappa shape index (κ3) is 3.80. The molecule has 0 aliphatic carbocycles. The molecule has 0 saturated carbocycles. The number of halogens is 1. The number of nitrogens with zero attached hydrogens (tertiary/aromatic N) is 2. The van der Waals surface area contributed by atoms with Crippen LogP contribution >= 0.6 is 23.1 Å². The number of anilines is 1. The van der Waals surface area contributed by atoms with Crippen molar-refractivity contribution < 1.29 is 0 Å². The summed E-state index contributed by atoms with van der Waals surface area (Å²) in [5.74, 6) is 2.06. The van der Waals surface area contributed by atoms with Crippen LogP contribution in [0.3, 0.4) is 0 Å². The zero-order valence-corrected chi connectivity index (χ0v) is 10.2. The summed E-state index contributed by atoms with van der Waals surface area (Å²) in [6.07, 6.45) is 2.13. The highest BCUT2D eigenvalue weighted by atomic mass is 35.5. The maximum absolute atomic E-state index is 5.58. The molecule has 0 aromatic carbocycles. The summed E-state index contributed by atoms with van der Waals surface area (Å²) < 4.78 is 4.26. The van der Waals surface area contributed by atoms with Gasteiger partial charge in [0.25, 0.3) is 0 Å². The normalized spacial score (nSPS) is 10.9. The molecule has 0 atom stereocenters. The Morgan fingerprint density at radius 1 is 1.43 bits per heavy atom. The Balaban J connectivity index is 2.29. The highest BCUT2D eigenvalue weighted by Gasteiger charge is 2.06. The van der Waals surface area contributed by atoms with Crippen molar-refractivity contribution in [3.05, 3.63) is 5.82 Å². The van der Waals surface area contributed by atoms with E-state index in [2.05, 4.69) is 28.5 Å². The number of unbranched alkanes of at least 4 members (excludes halogenated alkanes) is 1. The van der Waals surface area contributed by atoms with E-state index >= 15 is 0 Å². The Bertz CT molecular complexity index is 262. The molecule has 3 nitrogen and oxygen atoms in total. The Kier molecular flexibility index (Phi) is 5.19. The lowest BCUT2D eigenvalue weighted by Gasteiger charge is -1.99. The molecular formula is C9H16ClN3S. The van der Waals surface area contributed by atoms with Gasteiger partial charge >= 0.3 is 0 Å². The molecule has 0 aliphatic rings. The van der Waals surface area contributed by atoms with E-state index < -0.39 is 0 Å². The molecule has 1 N–H and O–H groups in total. The van der Waals surface area contributed by atoms with Gasteiger partial charge in [0.05, 0.1) is 0 Å². The minimum Gasteiger partial charge on any atom is -0.360 e. The van der Waals surface area contributed by atoms with Gasteiger partial charge in [-0.25, -0.2) is 4.98 Å². The quantitative estimate of drug-likeness (QED) is 0.606. The van der Waals surface area contributed by atoms with Crippen LogP contribution in [0.15, 0.2) is 0 Å². The molecule has 1 aromatic rings. The fraction of sp³-hybridized carbons (Fsp3) is 0.778. The van der Waals surface area contributed by atoms with Crippen LogP contribution in [-0.2, 0) is 0 Å².